The lowest BCUT2D eigenvalue weighted by Gasteiger charge is -2.30. The molecule has 0 saturated heterocycles. The summed E-state index contributed by atoms with van der Waals surface area (Å²) in [6, 6.07) is 0. The van der Waals surface area contributed by atoms with Gasteiger partial charge < -0.3 is 11.1 Å². The molecule has 0 aromatic carbocycles. The SMILES string of the molecule is CN(CC(=O)NC(C)(CN)C1CC1)S(C)(=O)=O.Cl. The highest BCUT2D eigenvalue weighted by atomic mass is 35.5. The van der Waals surface area contributed by atoms with Gasteiger partial charge in [0.15, 0.2) is 0 Å². The molecule has 0 heterocycles. The predicted molar refractivity (Wildman–Crippen MR) is 73.0 cm³/mol. The molecule has 1 aliphatic carbocycles. The molecule has 3 N–H and O–H groups in total. The Kier molecular flexibility index (Phi) is 6.06. The summed E-state index contributed by atoms with van der Waals surface area (Å²) in [7, 11) is -1.94. The molecule has 1 fully saturated rings. The van der Waals surface area contributed by atoms with E-state index in [2.05, 4.69) is 5.32 Å². The highest BCUT2D eigenvalue weighted by Crippen LogP contribution is 2.38. The van der Waals surface area contributed by atoms with Crippen LogP contribution in [0.3, 0.4) is 0 Å². The van der Waals surface area contributed by atoms with Crippen LogP contribution in [0.1, 0.15) is 19.8 Å². The van der Waals surface area contributed by atoms with Gasteiger partial charge in [-0.3, -0.25) is 4.79 Å². The van der Waals surface area contributed by atoms with Crippen molar-refractivity contribution >= 4 is 28.3 Å². The van der Waals surface area contributed by atoms with Gasteiger partial charge in [0.1, 0.15) is 0 Å². The smallest absolute Gasteiger partial charge is 0.235 e. The van der Waals surface area contributed by atoms with Crippen molar-refractivity contribution in [3.05, 3.63) is 0 Å². The van der Waals surface area contributed by atoms with Gasteiger partial charge in [-0.15, -0.1) is 12.4 Å². The van der Waals surface area contributed by atoms with Crippen molar-refractivity contribution in [1.82, 2.24) is 9.62 Å². The van der Waals surface area contributed by atoms with E-state index in [0.29, 0.717) is 12.5 Å². The van der Waals surface area contributed by atoms with Crippen molar-refractivity contribution in [1.29, 1.82) is 0 Å². The number of amides is 1. The highest BCUT2D eigenvalue weighted by molar-refractivity contribution is 7.88. The molecule has 1 unspecified atom stereocenters. The van der Waals surface area contributed by atoms with Gasteiger partial charge in [0.05, 0.1) is 18.3 Å². The van der Waals surface area contributed by atoms with E-state index in [1.165, 1.54) is 7.05 Å². The van der Waals surface area contributed by atoms with Gasteiger partial charge in [-0.25, -0.2) is 8.42 Å². The van der Waals surface area contributed by atoms with Gasteiger partial charge in [-0.2, -0.15) is 4.31 Å². The number of rotatable bonds is 6. The Hall–Kier alpha value is -0.370. The van der Waals surface area contributed by atoms with Gasteiger partial charge in [-0.05, 0) is 25.7 Å². The molecule has 0 radical (unpaired) electrons. The minimum Gasteiger partial charge on any atom is -0.348 e. The van der Waals surface area contributed by atoms with Crippen molar-refractivity contribution in [3.63, 3.8) is 0 Å². The zero-order valence-corrected chi connectivity index (χ0v) is 12.6. The molecule has 1 amide bonds. The Morgan fingerprint density at radius 2 is 2.00 bits per heavy atom. The number of nitrogens with two attached hydrogens (primary N) is 1. The Morgan fingerprint density at radius 1 is 1.50 bits per heavy atom. The van der Waals surface area contributed by atoms with Crippen LogP contribution in [0.15, 0.2) is 0 Å². The summed E-state index contributed by atoms with van der Waals surface area (Å²) in [5.74, 6) is 0.109. The molecule has 0 aromatic rings. The highest BCUT2D eigenvalue weighted by Gasteiger charge is 2.41. The van der Waals surface area contributed by atoms with Crippen molar-refractivity contribution < 1.29 is 13.2 Å². The first-order valence-electron chi connectivity index (χ1n) is 5.61. The summed E-state index contributed by atoms with van der Waals surface area (Å²) in [5.41, 5.74) is 5.26. The fourth-order valence-electron chi connectivity index (χ4n) is 1.72. The van der Waals surface area contributed by atoms with E-state index in [9.17, 15) is 13.2 Å². The van der Waals surface area contributed by atoms with Crippen LogP contribution in [-0.4, -0.2) is 50.6 Å². The molecule has 1 atom stereocenters. The summed E-state index contributed by atoms with van der Waals surface area (Å²) in [6.45, 7) is 2.11. The van der Waals surface area contributed by atoms with Crippen LogP contribution in [0, 0.1) is 5.92 Å². The molecule has 1 aliphatic rings. The molecule has 0 spiro atoms. The molecular formula is C10H22ClN3O3S. The van der Waals surface area contributed by atoms with E-state index in [0.717, 1.165) is 23.4 Å². The van der Waals surface area contributed by atoms with Gasteiger partial charge in [0, 0.05) is 13.6 Å². The van der Waals surface area contributed by atoms with E-state index in [1.807, 2.05) is 6.92 Å². The lowest BCUT2D eigenvalue weighted by molar-refractivity contribution is -0.123. The Bertz CT molecular complexity index is 397. The third-order valence-corrected chi connectivity index (χ3v) is 4.52. The number of carbonyl (C=O) groups excluding carboxylic acids is 1. The average molecular weight is 300 g/mol. The quantitative estimate of drug-likeness (QED) is 0.694. The predicted octanol–water partition coefficient (Wildman–Crippen LogP) is -0.457. The molecule has 1 rings (SSSR count). The molecule has 6 nitrogen and oxygen atoms in total. The Balaban J connectivity index is 0.00000289. The van der Waals surface area contributed by atoms with Crippen LogP contribution in [0.25, 0.3) is 0 Å². The fourth-order valence-corrected chi connectivity index (χ4v) is 2.07. The number of hydrogen-bond donors (Lipinski definition) is 2. The summed E-state index contributed by atoms with van der Waals surface area (Å²) >= 11 is 0. The molecule has 0 aliphatic heterocycles. The monoisotopic (exact) mass is 299 g/mol. The van der Waals surface area contributed by atoms with E-state index in [4.69, 9.17) is 5.73 Å². The van der Waals surface area contributed by atoms with Crippen LogP contribution in [0.4, 0.5) is 0 Å². The first-order chi connectivity index (χ1) is 7.69. The van der Waals surface area contributed by atoms with Crippen LogP contribution in [0.5, 0.6) is 0 Å². The largest absolute Gasteiger partial charge is 0.348 e. The summed E-state index contributed by atoms with van der Waals surface area (Å²) < 4.78 is 23.4. The Morgan fingerprint density at radius 3 is 2.33 bits per heavy atom. The Labute approximate surface area is 115 Å². The number of halogens is 1. The molecule has 0 aromatic heterocycles. The van der Waals surface area contributed by atoms with E-state index in [1.54, 1.807) is 0 Å². The number of nitrogens with one attached hydrogen (secondary N) is 1. The maximum Gasteiger partial charge on any atom is 0.235 e. The van der Waals surface area contributed by atoms with E-state index >= 15 is 0 Å². The molecule has 0 bridgehead atoms. The number of nitrogens with zero attached hydrogens (tertiary/aromatic N) is 1. The normalized spacial score (nSPS) is 18.9. The second-order valence-corrected chi connectivity index (χ2v) is 7.05. The number of hydrogen-bond acceptors (Lipinski definition) is 4. The van der Waals surface area contributed by atoms with Crippen LogP contribution < -0.4 is 11.1 Å². The van der Waals surface area contributed by atoms with Crippen molar-refractivity contribution in [2.75, 3.05) is 26.4 Å². The summed E-state index contributed by atoms with van der Waals surface area (Å²) in [5, 5.41) is 2.84. The summed E-state index contributed by atoms with van der Waals surface area (Å²) in [6.07, 6.45) is 3.20. The van der Waals surface area contributed by atoms with Crippen LogP contribution in [0.2, 0.25) is 0 Å². The molecule has 1 saturated carbocycles. The second kappa shape index (κ2) is 6.18. The van der Waals surface area contributed by atoms with Crippen LogP contribution >= 0.6 is 12.4 Å². The minimum absolute atomic E-state index is 0. The van der Waals surface area contributed by atoms with E-state index in [-0.39, 0.29) is 24.9 Å². The third-order valence-electron chi connectivity index (χ3n) is 3.26. The zero-order valence-electron chi connectivity index (χ0n) is 11.0. The maximum absolute atomic E-state index is 11.7. The number of likely N-dealkylation sites (N-methyl/N-ethyl adjacent to an activating group) is 1. The van der Waals surface area contributed by atoms with E-state index < -0.39 is 15.6 Å². The van der Waals surface area contributed by atoms with Gasteiger partial charge in [0.25, 0.3) is 0 Å². The maximum atomic E-state index is 11.7. The van der Waals surface area contributed by atoms with Crippen molar-refractivity contribution in [2.24, 2.45) is 11.7 Å². The van der Waals surface area contributed by atoms with Gasteiger partial charge in [-0.1, -0.05) is 0 Å². The molecular weight excluding hydrogens is 278 g/mol. The lowest BCUT2D eigenvalue weighted by Crippen LogP contribution is -2.55. The first-order valence-corrected chi connectivity index (χ1v) is 7.46. The first kappa shape index (κ1) is 17.6. The lowest BCUT2D eigenvalue weighted by atomic mass is 9.96. The average Bonchev–Trinajstić information content (AvgIpc) is 2.98. The second-order valence-electron chi connectivity index (χ2n) is 4.96. The third kappa shape index (κ3) is 4.72. The van der Waals surface area contributed by atoms with Crippen molar-refractivity contribution in [3.8, 4) is 0 Å². The van der Waals surface area contributed by atoms with Gasteiger partial charge >= 0.3 is 0 Å². The fraction of sp³-hybridized carbons (Fsp3) is 0.900. The molecule has 8 heteroatoms. The minimum atomic E-state index is -3.32. The van der Waals surface area contributed by atoms with Crippen molar-refractivity contribution in [2.45, 2.75) is 25.3 Å². The number of carbonyl (C=O) groups is 1. The number of sulfonamides is 1. The van der Waals surface area contributed by atoms with Gasteiger partial charge in [0.2, 0.25) is 15.9 Å². The summed E-state index contributed by atoms with van der Waals surface area (Å²) in [4.78, 5) is 11.7. The zero-order chi connectivity index (χ0) is 13.3. The molecule has 108 valence electrons. The standard InChI is InChI=1S/C10H21N3O3S.ClH/c1-10(7-11,8-4-5-8)12-9(14)6-13(2)17(3,15)16;/h8H,4-7,11H2,1-3H3,(H,12,14);1H. The topological polar surface area (TPSA) is 92.5 Å². The molecule has 18 heavy (non-hydrogen) atoms. The van der Waals surface area contributed by atoms with Crippen LogP contribution in [-0.2, 0) is 14.8 Å².